The molecule has 8 heteroatoms. The van der Waals surface area contributed by atoms with E-state index in [4.69, 9.17) is 9.15 Å². The Bertz CT molecular complexity index is 1050. The topological polar surface area (TPSA) is 108 Å². The monoisotopic (exact) mass is 329 g/mol. The number of carbonyl (C=O) groups excluding carboxylic acids is 1. The minimum Gasteiger partial charge on any atom is -0.508 e. The van der Waals surface area contributed by atoms with Crippen LogP contribution in [-0.2, 0) is 4.74 Å². The molecule has 1 heterocycles. The molecule has 0 amide bonds. The number of rotatable bonds is 2. The van der Waals surface area contributed by atoms with E-state index in [-0.39, 0.29) is 28.2 Å². The molecule has 2 aromatic carbocycles. The van der Waals surface area contributed by atoms with Crippen molar-refractivity contribution in [3.63, 3.8) is 0 Å². The second-order valence-electron chi connectivity index (χ2n) is 4.72. The van der Waals surface area contributed by atoms with Crippen molar-refractivity contribution < 1.29 is 23.8 Å². The number of phenols is 1. The summed E-state index contributed by atoms with van der Waals surface area (Å²) in [5.74, 6) is -1.21. The first kappa shape index (κ1) is 15.3. The van der Waals surface area contributed by atoms with Gasteiger partial charge in [-0.2, -0.15) is 0 Å². The zero-order valence-corrected chi connectivity index (χ0v) is 12.4. The molecule has 24 heavy (non-hydrogen) atoms. The first-order valence-electron chi connectivity index (χ1n) is 6.75. The Morgan fingerprint density at radius 1 is 1.17 bits per heavy atom. The molecule has 0 saturated heterocycles. The van der Waals surface area contributed by atoms with Gasteiger partial charge in [0.15, 0.2) is 11.3 Å². The van der Waals surface area contributed by atoms with Crippen molar-refractivity contribution in [2.24, 2.45) is 0 Å². The van der Waals surface area contributed by atoms with Gasteiger partial charge in [-0.15, -0.1) is 0 Å². The summed E-state index contributed by atoms with van der Waals surface area (Å²) in [4.78, 5) is 36.1. The average Bonchev–Trinajstić information content (AvgIpc) is 2.55. The van der Waals surface area contributed by atoms with Gasteiger partial charge in [0.05, 0.1) is 18.2 Å². The van der Waals surface area contributed by atoms with Crippen LogP contribution in [0.1, 0.15) is 0 Å². The van der Waals surface area contributed by atoms with Gasteiger partial charge in [-0.05, 0) is 24.3 Å². The first-order chi connectivity index (χ1) is 11.5. The van der Waals surface area contributed by atoms with Gasteiger partial charge >= 0.3 is 11.9 Å². The van der Waals surface area contributed by atoms with Crippen LogP contribution in [0.25, 0.3) is 16.7 Å². The van der Waals surface area contributed by atoms with Crippen LogP contribution in [-0.4, -0.2) is 22.9 Å². The molecular weight excluding hydrogens is 318 g/mol. The van der Waals surface area contributed by atoms with Crippen molar-refractivity contribution in [3.05, 3.63) is 63.4 Å². The lowest BCUT2D eigenvalue weighted by molar-refractivity contribution is 0.121. The number of hydrogen-bond donors (Lipinski definition) is 1. The number of aromatic nitrogens is 1. The maximum atomic E-state index is 12.6. The van der Waals surface area contributed by atoms with Crippen molar-refractivity contribution in [2.45, 2.75) is 0 Å². The molecular formula is C16H11NO7. The van der Waals surface area contributed by atoms with Gasteiger partial charge in [-0.25, -0.2) is 14.2 Å². The van der Waals surface area contributed by atoms with Gasteiger partial charge < -0.3 is 19.0 Å². The van der Waals surface area contributed by atoms with Gasteiger partial charge in [0.2, 0.25) is 0 Å². The fraction of sp³-hybridized carbons (Fsp3) is 0.0625. The van der Waals surface area contributed by atoms with E-state index in [1.165, 1.54) is 42.5 Å². The second kappa shape index (κ2) is 5.92. The molecule has 0 spiro atoms. The fourth-order valence-electron chi connectivity index (χ4n) is 2.19. The maximum absolute atomic E-state index is 12.6. The van der Waals surface area contributed by atoms with Crippen LogP contribution in [0.5, 0.6) is 11.5 Å². The predicted molar refractivity (Wildman–Crippen MR) is 82.8 cm³/mol. The highest BCUT2D eigenvalue weighted by Crippen LogP contribution is 2.23. The molecule has 3 rings (SSSR count). The average molecular weight is 329 g/mol. The van der Waals surface area contributed by atoms with Crippen molar-refractivity contribution in [2.75, 3.05) is 7.11 Å². The lowest BCUT2D eigenvalue weighted by atomic mass is 10.2. The number of ether oxygens (including phenoxy) is 2. The molecule has 0 bridgehead atoms. The summed E-state index contributed by atoms with van der Waals surface area (Å²) >= 11 is 0. The molecule has 0 aliphatic heterocycles. The van der Waals surface area contributed by atoms with Gasteiger partial charge in [-0.1, -0.05) is 12.1 Å². The van der Waals surface area contributed by atoms with E-state index < -0.39 is 17.5 Å². The number of benzene rings is 2. The molecule has 0 aliphatic carbocycles. The number of para-hydroxylation sites is 1. The second-order valence-corrected chi connectivity index (χ2v) is 4.72. The van der Waals surface area contributed by atoms with E-state index >= 15 is 0 Å². The summed E-state index contributed by atoms with van der Waals surface area (Å²) in [6.45, 7) is 0. The Morgan fingerprint density at radius 3 is 2.62 bits per heavy atom. The molecule has 0 aliphatic rings. The summed E-state index contributed by atoms with van der Waals surface area (Å²) in [7, 11) is 1.12. The molecule has 1 aromatic heterocycles. The smallest absolute Gasteiger partial charge is 0.508 e. The minimum atomic E-state index is -1.01. The third kappa shape index (κ3) is 2.60. The molecule has 8 nitrogen and oxygen atoms in total. The number of fused-ring (bicyclic) bond motifs is 1. The molecule has 0 fully saturated rings. The lowest BCUT2D eigenvalue weighted by Gasteiger charge is -2.08. The molecule has 0 saturated carbocycles. The zero-order valence-electron chi connectivity index (χ0n) is 12.4. The van der Waals surface area contributed by atoms with Gasteiger partial charge in [0, 0.05) is 6.07 Å². The van der Waals surface area contributed by atoms with Gasteiger partial charge in [-0.3, -0.25) is 4.79 Å². The largest absolute Gasteiger partial charge is 0.513 e. The van der Waals surface area contributed by atoms with Crippen LogP contribution in [0.2, 0.25) is 0 Å². The van der Waals surface area contributed by atoms with E-state index in [1.807, 2.05) is 0 Å². The number of phenolic OH excluding ortho intramolecular Hbond substituents is 1. The van der Waals surface area contributed by atoms with Crippen LogP contribution in [0.15, 0.2) is 56.5 Å². The summed E-state index contributed by atoms with van der Waals surface area (Å²) in [5, 5.41) is 9.55. The summed E-state index contributed by atoms with van der Waals surface area (Å²) < 4.78 is 15.2. The van der Waals surface area contributed by atoms with E-state index in [2.05, 4.69) is 4.74 Å². The highest BCUT2D eigenvalue weighted by molar-refractivity contribution is 5.83. The quantitative estimate of drug-likeness (QED) is 0.564. The van der Waals surface area contributed by atoms with Gasteiger partial charge in [0.25, 0.3) is 5.56 Å². The van der Waals surface area contributed by atoms with E-state index in [9.17, 15) is 19.5 Å². The highest BCUT2D eigenvalue weighted by Gasteiger charge is 2.17. The first-order valence-corrected chi connectivity index (χ1v) is 6.75. The van der Waals surface area contributed by atoms with Crippen molar-refractivity contribution in [1.82, 2.24) is 4.57 Å². The Balaban J connectivity index is 2.28. The van der Waals surface area contributed by atoms with Crippen LogP contribution < -0.4 is 16.1 Å². The molecule has 122 valence electrons. The van der Waals surface area contributed by atoms with Gasteiger partial charge in [0.1, 0.15) is 5.75 Å². The summed E-state index contributed by atoms with van der Waals surface area (Å²) in [6, 6.07) is 9.85. The molecule has 0 atom stereocenters. The van der Waals surface area contributed by atoms with Crippen LogP contribution in [0.4, 0.5) is 4.79 Å². The molecule has 0 radical (unpaired) electrons. The van der Waals surface area contributed by atoms with Crippen LogP contribution in [0.3, 0.4) is 0 Å². The number of nitrogens with zero attached hydrogens (tertiary/aromatic N) is 1. The van der Waals surface area contributed by atoms with E-state index in [0.717, 1.165) is 11.7 Å². The Labute approximate surface area is 134 Å². The lowest BCUT2D eigenvalue weighted by Crippen LogP contribution is -2.31. The summed E-state index contributed by atoms with van der Waals surface area (Å²) in [5.41, 5.74) is -0.702. The van der Waals surface area contributed by atoms with Crippen molar-refractivity contribution in [1.29, 1.82) is 0 Å². The SMILES string of the molecule is COC(=O)Oc1cccc2c(=O)n(-c3cccc(O)c3)c(=O)oc12. The van der Waals surface area contributed by atoms with Crippen LogP contribution in [0, 0.1) is 0 Å². The third-order valence-corrected chi connectivity index (χ3v) is 3.23. The van der Waals surface area contributed by atoms with E-state index in [0.29, 0.717) is 0 Å². The number of carbonyl (C=O) groups is 1. The number of aromatic hydroxyl groups is 1. The maximum Gasteiger partial charge on any atom is 0.513 e. The number of methoxy groups -OCH3 is 1. The molecule has 1 N–H and O–H groups in total. The Kier molecular flexibility index (Phi) is 3.78. The van der Waals surface area contributed by atoms with Crippen LogP contribution >= 0.6 is 0 Å². The standard InChI is InChI=1S/C16H11NO7/c1-22-16(21)23-12-7-3-6-11-13(12)24-15(20)17(14(11)19)9-4-2-5-10(18)8-9/h2-8,18H,1H3. The fourth-order valence-corrected chi connectivity index (χ4v) is 2.19. The zero-order chi connectivity index (χ0) is 17.3. The molecule has 0 unspecified atom stereocenters. The highest BCUT2D eigenvalue weighted by atomic mass is 16.7. The molecule has 3 aromatic rings. The normalized spacial score (nSPS) is 10.5. The van der Waals surface area contributed by atoms with Crippen molar-refractivity contribution >= 4 is 17.1 Å². The Morgan fingerprint density at radius 2 is 1.92 bits per heavy atom. The number of hydrogen-bond acceptors (Lipinski definition) is 7. The predicted octanol–water partition coefficient (Wildman–Crippen LogP) is 1.79. The minimum absolute atomic E-state index is 0.0272. The third-order valence-electron chi connectivity index (χ3n) is 3.23. The van der Waals surface area contributed by atoms with Crippen molar-refractivity contribution in [3.8, 4) is 17.2 Å². The summed E-state index contributed by atoms with van der Waals surface area (Å²) in [6.07, 6.45) is -1.01. The van der Waals surface area contributed by atoms with E-state index in [1.54, 1.807) is 0 Å². The Hall–Kier alpha value is -3.55.